The highest BCUT2D eigenvalue weighted by atomic mass is 32.2. The molecule has 0 aliphatic carbocycles. The normalized spacial score (nSPS) is 14.1. The zero-order chi connectivity index (χ0) is 9.78. The molecule has 1 unspecified atom stereocenters. The van der Waals surface area contributed by atoms with Gasteiger partial charge in [-0.3, -0.25) is 0 Å². The fraction of sp³-hybridized carbons (Fsp3) is 0.875. The largest absolute Gasteiger partial charge is 0.452 e. The molecule has 0 N–H and O–H groups in total. The molecule has 72 valence electrons. The molecular formula is C8H16O2S2. The average molecular weight is 208 g/mol. The lowest BCUT2D eigenvalue weighted by Gasteiger charge is -2.19. The SMILES string of the molecule is CSC(C)SC(=O)OC(C)(C)C. The van der Waals surface area contributed by atoms with Crippen LogP contribution in [0.1, 0.15) is 27.7 Å². The van der Waals surface area contributed by atoms with Gasteiger partial charge in [0.15, 0.2) is 0 Å². The Balaban J connectivity index is 3.75. The molecule has 0 aromatic heterocycles. The molecule has 0 aliphatic heterocycles. The van der Waals surface area contributed by atoms with Crippen molar-refractivity contribution in [2.24, 2.45) is 0 Å². The van der Waals surface area contributed by atoms with E-state index in [4.69, 9.17) is 4.74 Å². The predicted octanol–water partition coefficient (Wildman–Crippen LogP) is 3.36. The van der Waals surface area contributed by atoms with Crippen LogP contribution in [0.25, 0.3) is 0 Å². The standard InChI is InChI=1S/C8H16O2S2/c1-6(11-5)12-7(9)10-8(2,3)4/h6H,1-5H3. The van der Waals surface area contributed by atoms with Crippen molar-refractivity contribution in [3.05, 3.63) is 0 Å². The predicted molar refractivity (Wildman–Crippen MR) is 56.8 cm³/mol. The second-order valence-corrected chi connectivity index (χ2v) is 6.14. The van der Waals surface area contributed by atoms with Crippen molar-refractivity contribution in [3.8, 4) is 0 Å². The Bertz CT molecular complexity index is 152. The van der Waals surface area contributed by atoms with Crippen LogP contribution in [0.3, 0.4) is 0 Å². The van der Waals surface area contributed by atoms with Gasteiger partial charge in [0.25, 0.3) is 0 Å². The van der Waals surface area contributed by atoms with Gasteiger partial charge in [0.1, 0.15) is 5.60 Å². The minimum atomic E-state index is -0.373. The minimum absolute atomic E-state index is 0.190. The van der Waals surface area contributed by atoms with Crippen LogP contribution in [0.4, 0.5) is 4.79 Å². The fourth-order valence-electron chi connectivity index (χ4n) is 0.458. The molecule has 0 aromatic rings. The molecule has 0 radical (unpaired) electrons. The topological polar surface area (TPSA) is 26.3 Å². The Morgan fingerprint density at radius 2 is 1.92 bits per heavy atom. The van der Waals surface area contributed by atoms with Crippen LogP contribution in [-0.4, -0.2) is 21.7 Å². The van der Waals surface area contributed by atoms with Crippen LogP contribution in [-0.2, 0) is 4.74 Å². The Morgan fingerprint density at radius 1 is 1.42 bits per heavy atom. The van der Waals surface area contributed by atoms with E-state index in [0.717, 1.165) is 0 Å². The van der Waals surface area contributed by atoms with Gasteiger partial charge in [-0.1, -0.05) is 0 Å². The first-order chi connectivity index (χ1) is 5.35. The number of carbonyl (C=O) groups excluding carboxylic acids is 1. The summed E-state index contributed by atoms with van der Waals surface area (Å²) in [5, 5.41) is -0.190. The number of carbonyl (C=O) groups is 1. The first kappa shape index (κ1) is 12.2. The third-order valence-electron chi connectivity index (χ3n) is 0.984. The summed E-state index contributed by atoms with van der Waals surface area (Å²) < 4.78 is 5.38. The van der Waals surface area contributed by atoms with Crippen molar-refractivity contribution in [1.29, 1.82) is 0 Å². The molecule has 12 heavy (non-hydrogen) atoms. The summed E-state index contributed by atoms with van der Waals surface area (Å²) in [5.74, 6) is 0. The van der Waals surface area contributed by atoms with Gasteiger partial charge in [0.05, 0.1) is 4.58 Å². The first-order valence-electron chi connectivity index (χ1n) is 3.77. The Hall–Kier alpha value is 0.170. The van der Waals surface area contributed by atoms with Crippen molar-refractivity contribution in [2.75, 3.05) is 6.26 Å². The highest BCUT2D eigenvalue weighted by molar-refractivity contribution is 8.24. The molecule has 0 saturated heterocycles. The van der Waals surface area contributed by atoms with Crippen molar-refractivity contribution < 1.29 is 9.53 Å². The molecule has 0 aliphatic rings. The van der Waals surface area contributed by atoms with Crippen molar-refractivity contribution in [1.82, 2.24) is 0 Å². The van der Waals surface area contributed by atoms with Crippen LogP contribution in [0.5, 0.6) is 0 Å². The van der Waals surface area contributed by atoms with Crippen LogP contribution in [0, 0.1) is 0 Å². The van der Waals surface area contributed by atoms with Gasteiger partial charge in [0, 0.05) is 0 Å². The minimum Gasteiger partial charge on any atom is -0.452 e. The van der Waals surface area contributed by atoms with Gasteiger partial charge < -0.3 is 4.74 Å². The summed E-state index contributed by atoms with van der Waals surface area (Å²) in [4.78, 5) is 11.2. The summed E-state index contributed by atoms with van der Waals surface area (Å²) in [7, 11) is 0. The van der Waals surface area contributed by atoms with Crippen molar-refractivity contribution >= 4 is 28.8 Å². The summed E-state index contributed by atoms with van der Waals surface area (Å²) >= 11 is 2.87. The zero-order valence-corrected chi connectivity index (χ0v) is 9.84. The second-order valence-electron chi connectivity index (χ2n) is 3.39. The fourth-order valence-corrected chi connectivity index (χ4v) is 1.65. The molecular weight excluding hydrogens is 192 g/mol. The molecule has 0 saturated carbocycles. The lowest BCUT2D eigenvalue weighted by Crippen LogP contribution is -2.21. The van der Waals surface area contributed by atoms with Gasteiger partial charge in [0.2, 0.25) is 0 Å². The quantitative estimate of drug-likeness (QED) is 0.513. The maximum Gasteiger partial charge on any atom is 0.368 e. The van der Waals surface area contributed by atoms with E-state index in [9.17, 15) is 4.79 Å². The molecule has 0 spiro atoms. The Morgan fingerprint density at radius 3 is 2.25 bits per heavy atom. The molecule has 0 aromatic carbocycles. The van der Waals surface area contributed by atoms with Crippen molar-refractivity contribution in [3.63, 3.8) is 0 Å². The van der Waals surface area contributed by atoms with Crippen LogP contribution < -0.4 is 0 Å². The molecule has 0 heterocycles. The van der Waals surface area contributed by atoms with Gasteiger partial charge in [-0.25, -0.2) is 4.79 Å². The lowest BCUT2D eigenvalue weighted by atomic mass is 10.2. The molecule has 1 atom stereocenters. The first-order valence-corrected chi connectivity index (χ1v) is 5.94. The third kappa shape index (κ3) is 6.85. The van der Waals surface area contributed by atoms with E-state index in [0.29, 0.717) is 0 Å². The number of ether oxygens (including phenoxy) is 1. The zero-order valence-electron chi connectivity index (χ0n) is 8.21. The van der Waals surface area contributed by atoms with E-state index < -0.39 is 0 Å². The molecule has 4 heteroatoms. The molecule has 0 amide bonds. The molecule has 2 nitrogen and oxygen atoms in total. The number of hydrogen-bond donors (Lipinski definition) is 0. The smallest absolute Gasteiger partial charge is 0.368 e. The van der Waals surface area contributed by atoms with Crippen LogP contribution >= 0.6 is 23.5 Å². The molecule has 0 bridgehead atoms. The van der Waals surface area contributed by atoms with Crippen LogP contribution in [0.15, 0.2) is 0 Å². The summed E-state index contributed by atoms with van der Waals surface area (Å²) in [5.41, 5.74) is -0.373. The van der Waals surface area contributed by atoms with E-state index in [-0.39, 0.29) is 15.5 Å². The van der Waals surface area contributed by atoms with E-state index in [1.54, 1.807) is 11.8 Å². The van der Waals surface area contributed by atoms with E-state index in [2.05, 4.69) is 0 Å². The van der Waals surface area contributed by atoms with E-state index in [1.807, 2.05) is 34.0 Å². The van der Waals surface area contributed by atoms with Gasteiger partial charge in [-0.2, -0.15) is 11.8 Å². The van der Waals surface area contributed by atoms with E-state index >= 15 is 0 Å². The highest BCUT2D eigenvalue weighted by Crippen LogP contribution is 2.24. The number of thioether (sulfide) groups is 2. The highest BCUT2D eigenvalue weighted by Gasteiger charge is 2.18. The van der Waals surface area contributed by atoms with Gasteiger partial charge in [-0.05, 0) is 45.7 Å². The van der Waals surface area contributed by atoms with E-state index in [1.165, 1.54) is 11.8 Å². The number of hydrogen-bond acceptors (Lipinski definition) is 4. The van der Waals surface area contributed by atoms with Crippen molar-refractivity contribution in [2.45, 2.75) is 37.9 Å². The Kier molecular flexibility index (Phi) is 5.09. The number of rotatable bonds is 2. The summed E-state index contributed by atoms with van der Waals surface area (Å²) in [6.07, 6.45) is 1.97. The second kappa shape index (κ2) is 5.02. The lowest BCUT2D eigenvalue weighted by molar-refractivity contribution is 0.0738. The van der Waals surface area contributed by atoms with Gasteiger partial charge in [-0.15, -0.1) is 0 Å². The Labute approximate surface area is 82.8 Å². The summed E-state index contributed by atoms with van der Waals surface area (Å²) in [6.45, 7) is 7.60. The monoisotopic (exact) mass is 208 g/mol. The van der Waals surface area contributed by atoms with Gasteiger partial charge >= 0.3 is 5.30 Å². The van der Waals surface area contributed by atoms with Crippen LogP contribution in [0.2, 0.25) is 0 Å². The maximum absolute atomic E-state index is 11.2. The molecule has 0 fully saturated rings. The summed E-state index contributed by atoms with van der Waals surface area (Å²) in [6, 6.07) is 0. The average Bonchev–Trinajstić information content (AvgIpc) is 1.82. The maximum atomic E-state index is 11.2. The molecule has 0 rings (SSSR count). The third-order valence-corrected chi connectivity index (χ3v) is 3.12.